The molecule has 2 unspecified atom stereocenters. The summed E-state index contributed by atoms with van der Waals surface area (Å²) in [6, 6.07) is 2.00. The molecule has 1 rings (SSSR count). The zero-order valence-electron chi connectivity index (χ0n) is 10.2. The molecule has 1 fully saturated rings. The number of hydrogen-bond acceptors (Lipinski definition) is 3. The molecule has 4 nitrogen and oxygen atoms in total. The molecule has 1 aliphatic rings. The van der Waals surface area contributed by atoms with E-state index in [1.165, 1.54) is 0 Å². The van der Waals surface area contributed by atoms with E-state index in [4.69, 9.17) is 10.00 Å². The van der Waals surface area contributed by atoms with Gasteiger partial charge in [0.25, 0.3) is 0 Å². The summed E-state index contributed by atoms with van der Waals surface area (Å²) in [5.74, 6) is 0.195. The number of ether oxygens (including phenoxy) is 1. The van der Waals surface area contributed by atoms with Gasteiger partial charge in [-0.3, -0.25) is 4.79 Å². The zero-order valence-corrected chi connectivity index (χ0v) is 10.2. The van der Waals surface area contributed by atoms with Crippen molar-refractivity contribution < 1.29 is 9.53 Å². The Balaban J connectivity index is 2.41. The van der Waals surface area contributed by atoms with Gasteiger partial charge in [-0.1, -0.05) is 6.92 Å². The molecule has 4 heteroatoms. The lowest BCUT2D eigenvalue weighted by Gasteiger charge is -2.20. The maximum atomic E-state index is 11.7. The van der Waals surface area contributed by atoms with Crippen molar-refractivity contribution in [3.05, 3.63) is 0 Å². The molecule has 1 saturated heterocycles. The molecule has 0 saturated carbocycles. The van der Waals surface area contributed by atoms with Crippen molar-refractivity contribution in [2.75, 3.05) is 13.2 Å². The van der Waals surface area contributed by atoms with Crippen molar-refractivity contribution in [1.29, 1.82) is 5.26 Å². The van der Waals surface area contributed by atoms with E-state index in [9.17, 15) is 4.79 Å². The standard InChI is InChI=1S/C12H20N2O2/c1-4-10-9(5-6-16-10)7-14-11(15)12(2,3)8-13/h9-10H,4-7H2,1-3H3,(H,14,15). The summed E-state index contributed by atoms with van der Waals surface area (Å²) in [6.07, 6.45) is 2.22. The lowest BCUT2D eigenvalue weighted by Crippen LogP contribution is -2.40. The smallest absolute Gasteiger partial charge is 0.239 e. The topological polar surface area (TPSA) is 62.1 Å². The highest BCUT2D eigenvalue weighted by molar-refractivity contribution is 5.84. The summed E-state index contributed by atoms with van der Waals surface area (Å²) in [5, 5.41) is 11.7. The molecule has 0 aromatic rings. The maximum Gasteiger partial charge on any atom is 0.239 e. The maximum absolute atomic E-state index is 11.7. The van der Waals surface area contributed by atoms with E-state index in [0.29, 0.717) is 12.5 Å². The molecule has 0 radical (unpaired) electrons. The van der Waals surface area contributed by atoms with Crippen LogP contribution in [0.2, 0.25) is 0 Å². The Labute approximate surface area is 97.0 Å². The molecule has 0 bridgehead atoms. The van der Waals surface area contributed by atoms with Crippen LogP contribution in [0.25, 0.3) is 0 Å². The van der Waals surface area contributed by atoms with E-state index < -0.39 is 5.41 Å². The summed E-state index contributed by atoms with van der Waals surface area (Å²) in [7, 11) is 0. The number of amides is 1. The molecule has 90 valence electrons. The van der Waals surface area contributed by atoms with Crippen LogP contribution in [0.5, 0.6) is 0 Å². The van der Waals surface area contributed by atoms with Gasteiger partial charge >= 0.3 is 0 Å². The Hall–Kier alpha value is -1.08. The van der Waals surface area contributed by atoms with E-state index in [1.807, 2.05) is 6.07 Å². The molecule has 16 heavy (non-hydrogen) atoms. The lowest BCUT2D eigenvalue weighted by molar-refractivity contribution is -0.127. The van der Waals surface area contributed by atoms with Crippen molar-refractivity contribution >= 4 is 5.91 Å². The summed E-state index contributed by atoms with van der Waals surface area (Å²) in [6.45, 7) is 6.74. The van der Waals surface area contributed by atoms with Crippen LogP contribution in [0.1, 0.15) is 33.6 Å². The van der Waals surface area contributed by atoms with Crippen LogP contribution >= 0.6 is 0 Å². The van der Waals surface area contributed by atoms with E-state index in [2.05, 4.69) is 12.2 Å². The molecule has 0 aromatic carbocycles. The molecule has 1 N–H and O–H groups in total. The SMILES string of the molecule is CCC1OCCC1CNC(=O)C(C)(C)C#N. The van der Waals surface area contributed by atoms with E-state index in [-0.39, 0.29) is 12.0 Å². The highest BCUT2D eigenvalue weighted by atomic mass is 16.5. The van der Waals surface area contributed by atoms with Gasteiger partial charge in [0.15, 0.2) is 0 Å². The van der Waals surface area contributed by atoms with Crippen molar-refractivity contribution in [2.45, 2.75) is 39.7 Å². The predicted molar refractivity (Wildman–Crippen MR) is 60.5 cm³/mol. The Kier molecular flexibility index (Phi) is 4.31. The number of nitrogens with one attached hydrogen (secondary N) is 1. The number of carbonyl (C=O) groups excluding carboxylic acids is 1. The summed E-state index contributed by atoms with van der Waals surface area (Å²) in [4.78, 5) is 11.7. The number of nitriles is 1. The van der Waals surface area contributed by atoms with Gasteiger partial charge in [-0.05, 0) is 26.7 Å². The van der Waals surface area contributed by atoms with Crippen LogP contribution in [0.15, 0.2) is 0 Å². The van der Waals surface area contributed by atoms with Gasteiger partial charge in [0.1, 0.15) is 5.41 Å². The van der Waals surface area contributed by atoms with Gasteiger partial charge in [-0.25, -0.2) is 0 Å². The van der Waals surface area contributed by atoms with Gasteiger partial charge in [-0.15, -0.1) is 0 Å². The van der Waals surface area contributed by atoms with Crippen LogP contribution in [0, 0.1) is 22.7 Å². The number of nitrogens with zero attached hydrogens (tertiary/aromatic N) is 1. The third kappa shape index (κ3) is 2.96. The monoisotopic (exact) mass is 224 g/mol. The first-order valence-corrected chi connectivity index (χ1v) is 5.82. The van der Waals surface area contributed by atoms with Gasteiger partial charge < -0.3 is 10.1 Å². The quantitative estimate of drug-likeness (QED) is 0.786. The fraction of sp³-hybridized carbons (Fsp3) is 0.833. The molecule has 2 atom stereocenters. The molecule has 1 heterocycles. The predicted octanol–water partition coefficient (Wildman–Crippen LogP) is 1.47. The second-order valence-corrected chi connectivity index (χ2v) is 4.81. The molecule has 0 aromatic heterocycles. The summed E-state index contributed by atoms with van der Waals surface area (Å²) in [5.41, 5.74) is -0.943. The fourth-order valence-corrected chi connectivity index (χ4v) is 1.87. The largest absolute Gasteiger partial charge is 0.378 e. The van der Waals surface area contributed by atoms with Crippen LogP contribution in [-0.4, -0.2) is 25.2 Å². The number of hydrogen-bond donors (Lipinski definition) is 1. The molecule has 0 aliphatic carbocycles. The van der Waals surface area contributed by atoms with E-state index in [0.717, 1.165) is 19.4 Å². The second kappa shape index (κ2) is 5.31. The molecular weight excluding hydrogens is 204 g/mol. The van der Waals surface area contributed by atoms with Crippen molar-refractivity contribution in [2.24, 2.45) is 11.3 Å². The molecule has 0 spiro atoms. The van der Waals surface area contributed by atoms with Crippen LogP contribution in [-0.2, 0) is 9.53 Å². The van der Waals surface area contributed by atoms with Crippen LogP contribution in [0.4, 0.5) is 0 Å². The third-order valence-electron chi connectivity index (χ3n) is 3.12. The molecular formula is C12H20N2O2. The van der Waals surface area contributed by atoms with Crippen LogP contribution in [0.3, 0.4) is 0 Å². The van der Waals surface area contributed by atoms with E-state index >= 15 is 0 Å². The first-order chi connectivity index (χ1) is 7.51. The van der Waals surface area contributed by atoms with Crippen molar-refractivity contribution in [1.82, 2.24) is 5.32 Å². The van der Waals surface area contributed by atoms with Gasteiger partial charge in [0, 0.05) is 19.1 Å². The Bertz CT molecular complexity index is 294. The molecule has 1 amide bonds. The fourth-order valence-electron chi connectivity index (χ4n) is 1.87. The average Bonchev–Trinajstić information content (AvgIpc) is 2.72. The Morgan fingerprint density at radius 2 is 2.31 bits per heavy atom. The highest BCUT2D eigenvalue weighted by Gasteiger charge is 2.30. The average molecular weight is 224 g/mol. The van der Waals surface area contributed by atoms with Crippen molar-refractivity contribution in [3.8, 4) is 6.07 Å². The van der Waals surface area contributed by atoms with Gasteiger partial charge in [0.05, 0.1) is 12.2 Å². The number of rotatable bonds is 4. The Morgan fingerprint density at radius 3 is 2.88 bits per heavy atom. The Morgan fingerprint density at radius 1 is 1.62 bits per heavy atom. The first kappa shape index (κ1) is 13.0. The highest BCUT2D eigenvalue weighted by Crippen LogP contribution is 2.23. The minimum atomic E-state index is -0.943. The minimum absolute atomic E-state index is 0.197. The first-order valence-electron chi connectivity index (χ1n) is 5.82. The second-order valence-electron chi connectivity index (χ2n) is 4.81. The van der Waals surface area contributed by atoms with Crippen molar-refractivity contribution in [3.63, 3.8) is 0 Å². The summed E-state index contributed by atoms with van der Waals surface area (Å²) < 4.78 is 5.54. The van der Waals surface area contributed by atoms with E-state index in [1.54, 1.807) is 13.8 Å². The summed E-state index contributed by atoms with van der Waals surface area (Å²) >= 11 is 0. The zero-order chi connectivity index (χ0) is 12.2. The molecule has 1 aliphatic heterocycles. The van der Waals surface area contributed by atoms with Gasteiger partial charge in [0.2, 0.25) is 5.91 Å². The third-order valence-corrected chi connectivity index (χ3v) is 3.12. The van der Waals surface area contributed by atoms with Crippen LogP contribution < -0.4 is 5.32 Å². The number of carbonyl (C=O) groups is 1. The van der Waals surface area contributed by atoms with Gasteiger partial charge in [-0.2, -0.15) is 5.26 Å². The minimum Gasteiger partial charge on any atom is -0.378 e. The lowest BCUT2D eigenvalue weighted by atomic mass is 9.93. The normalized spacial score (nSPS) is 25.1.